The van der Waals surface area contributed by atoms with Crippen LogP contribution in [0.2, 0.25) is 5.02 Å². The molecular weight excluding hydrogens is 334 g/mol. The van der Waals surface area contributed by atoms with E-state index in [0.29, 0.717) is 0 Å². The van der Waals surface area contributed by atoms with Gasteiger partial charge in [0.25, 0.3) is 0 Å². The highest BCUT2D eigenvalue weighted by Gasteiger charge is 2.18. The smallest absolute Gasteiger partial charge is 0.226 e. The molecule has 0 spiro atoms. The minimum Gasteiger partial charge on any atom is -0.368 e. The fourth-order valence-electron chi connectivity index (χ4n) is 2.94. The third-order valence-electron chi connectivity index (χ3n) is 4.48. The molecule has 0 saturated carbocycles. The highest BCUT2D eigenvalue weighted by molar-refractivity contribution is 6.30. The molecule has 2 aromatic carbocycles. The average Bonchev–Trinajstić information content (AvgIpc) is 2.62. The van der Waals surface area contributed by atoms with Gasteiger partial charge in [0.15, 0.2) is 0 Å². The zero-order chi connectivity index (χ0) is 17.8. The van der Waals surface area contributed by atoms with Gasteiger partial charge in [-0.15, -0.1) is 0 Å². The van der Waals surface area contributed by atoms with E-state index in [2.05, 4.69) is 33.3 Å². The number of carbonyl (C=O) groups excluding carboxylic acids is 1. The van der Waals surface area contributed by atoms with Crippen LogP contribution >= 0.6 is 11.6 Å². The lowest BCUT2D eigenvalue weighted by atomic mass is 10.2. The van der Waals surface area contributed by atoms with Crippen molar-refractivity contribution >= 4 is 34.6 Å². The summed E-state index contributed by atoms with van der Waals surface area (Å²) in [6, 6.07) is 16.1. The Kier molecular flexibility index (Phi) is 5.49. The minimum atomic E-state index is -0.0146. The third-order valence-corrected chi connectivity index (χ3v) is 4.71. The number of nitrogens with zero attached hydrogens (tertiary/aromatic N) is 2. The van der Waals surface area contributed by atoms with Crippen LogP contribution in [0.15, 0.2) is 48.5 Å². The Balaban J connectivity index is 1.58. The largest absolute Gasteiger partial charge is 0.368 e. The molecule has 1 aliphatic heterocycles. The fraction of sp³-hybridized carbons (Fsp3) is 0.350. The molecule has 0 atom stereocenters. The zero-order valence-corrected chi connectivity index (χ0v) is 15.5. The van der Waals surface area contributed by atoms with Crippen molar-refractivity contribution in [3.63, 3.8) is 0 Å². The molecule has 1 N–H and O–H groups in total. The highest BCUT2D eigenvalue weighted by atomic mass is 35.5. The molecule has 0 aromatic heterocycles. The Morgan fingerprint density at radius 2 is 1.56 bits per heavy atom. The monoisotopic (exact) mass is 357 g/mol. The van der Waals surface area contributed by atoms with Crippen molar-refractivity contribution in [2.45, 2.75) is 13.8 Å². The lowest BCUT2D eigenvalue weighted by Crippen LogP contribution is -2.46. The van der Waals surface area contributed by atoms with Crippen LogP contribution < -0.4 is 15.1 Å². The first-order valence-electron chi connectivity index (χ1n) is 8.69. The summed E-state index contributed by atoms with van der Waals surface area (Å²) in [6.07, 6.45) is 0. The predicted octanol–water partition coefficient (Wildman–Crippen LogP) is 4.26. The minimum absolute atomic E-state index is 0.0146. The summed E-state index contributed by atoms with van der Waals surface area (Å²) in [7, 11) is 0. The van der Waals surface area contributed by atoms with Crippen molar-refractivity contribution in [3.8, 4) is 0 Å². The van der Waals surface area contributed by atoms with E-state index in [9.17, 15) is 4.79 Å². The number of anilines is 3. The van der Waals surface area contributed by atoms with Crippen LogP contribution in [0, 0.1) is 5.92 Å². The first-order chi connectivity index (χ1) is 12.0. The number of benzene rings is 2. The SMILES string of the molecule is CC(C)C(=O)Nc1ccc(N2CCN(c3cccc(Cl)c3)CC2)cc1. The van der Waals surface area contributed by atoms with E-state index in [1.165, 1.54) is 11.4 Å². The van der Waals surface area contributed by atoms with Gasteiger partial charge in [0.1, 0.15) is 0 Å². The van der Waals surface area contributed by atoms with Crippen LogP contribution in [0.4, 0.5) is 17.1 Å². The normalized spacial score (nSPS) is 14.7. The molecule has 5 heteroatoms. The molecule has 132 valence electrons. The van der Waals surface area contributed by atoms with Gasteiger partial charge in [0, 0.05) is 54.2 Å². The van der Waals surface area contributed by atoms with Gasteiger partial charge >= 0.3 is 0 Å². The summed E-state index contributed by atoms with van der Waals surface area (Å²) < 4.78 is 0. The van der Waals surface area contributed by atoms with Crippen molar-refractivity contribution in [2.75, 3.05) is 41.3 Å². The number of hydrogen-bond donors (Lipinski definition) is 1. The van der Waals surface area contributed by atoms with Crippen LogP contribution in [-0.4, -0.2) is 32.1 Å². The molecule has 0 bridgehead atoms. The second kappa shape index (κ2) is 7.79. The van der Waals surface area contributed by atoms with E-state index in [1.807, 2.05) is 44.2 Å². The standard InChI is InChI=1S/C20H24ClN3O/c1-15(2)20(25)22-17-6-8-18(9-7-17)23-10-12-24(13-11-23)19-5-3-4-16(21)14-19/h3-9,14-15H,10-13H2,1-2H3,(H,22,25). The Morgan fingerprint density at radius 1 is 0.960 bits per heavy atom. The van der Waals surface area contributed by atoms with Gasteiger partial charge < -0.3 is 15.1 Å². The number of amides is 1. The van der Waals surface area contributed by atoms with Crippen LogP contribution in [-0.2, 0) is 4.79 Å². The fourth-order valence-corrected chi connectivity index (χ4v) is 3.12. The van der Waals surface area contributed by atoms with E-state index < -0.39 is 0 Å². The quantitative estimate of drug-likeness (QED) is 0.888. The lowest BCUT2D eigenvalue weighted by Gasteiger charge is -2.37. The molecular formula is C20H24ClN3O. The van der Waals surface area contributed by atoms with Gasteiger partial charge in [-0.2, -0.15) is 0 Å². The van der Waals surface area contributed by atoms with Gasteiger partial charge in [-0.05, 0) is 42.5 Å². The molecule has 3 rings (SSSR count). The van der Waals surface area contributed by atoms with Crippen molar-refractivity contribution in [2.24, 2.45) is 5.92 Å². The van der Waals surface area contributed by atoms with Gasteiger partial charge in [-0.1, -0.05) is 31.5 Å². The first-order valence-corrected chi connectivity index (χ1v) is 9.07. The number of hydrogen-bond acceptors (Lipinski definition) is 3. The number of carbonyl (C=O) groups is 1. The molecule has 1 fully saturated rings. The van der Waals surface area contributed by atoms with E-state index in [1.54, 1.807) is 0 Å². The van der Waals surface area contributed by atoms with E-state index in [4.69, 9.17) is 11.6 Å². The lowest BCUT2D eigenvalue weighted by molar-refractivity contribution is -0.118. The molecule has 2 aromatic rings. The predicted molar refractivity (Wildman–Crippen MR) is 106 cm³/mol. The maximum absolute atomic E-state index is 11.8. The summed E-state index contributed by atoms with van der Waals surface area (Å²) in [5.74, 6) is 0.0298. The molecule has 0 aliphatic carbocycles. The van der Waals surface area contributed by atoms with Gasteiger partial charge in [-0.3, -0.25) is 4.79 Å². The summed E-state index contributed by atoms with van der Waals surface area (Å²) >= 11 is 6.09. The van der Waals surface area contributed by atoms with Crippen LogP contribution in [0.5, 0.6) is 0 Å². The second-order valence-electron chi connectivity index (χ2n) is 6.64. The highest BCUT2D eigenvalue weighted by Crippen LogP contribution is 2.24. The Morgan fingerprint density at radius 3 is 2.12 bits per heavy atom. The van der Waals surface area contributed by atoms with Crippen LogP contribution in [0.1, 0.15) is 13.8 Å². The zero-order valence-electron chi connectivity index (χ0n) is 14.7. The summed E-state index contributed by atoms with van der Waals surface area (Å²) in [4.78, 5) is 16.5. The average molecular weight is 358 g/mol. The van der Waals surface area contributed by atoms with Crippen LogP contribution in [0.3, 0.4) is 0 Å². The maximum Gasteiger partial charge on any atom is 0.226 e. The van der Waals surface area contributed by atoms with E-state index in [0.717, 1.165) is 36.9 Å². The van der Waals surface area contributed by atoms with Crippen molar-refractivity contribution in [1.29, 1.82) is 0 Å². The van der Waals surface area contributed by atoms with Crippen LogP contribution in [0.25, 0.3) is 0 Å². The van der Waals surface area contributed by atoms with Crippen molar-refractivity contribution in [3.05, 3.63) is 53.6 Å². The number of piperazine rings is 1. The number of halogens is 1. The third kappa shape index (κ3) is 4.45. The summed E-state index contributed by atoms with van der Waals surface area (Å²) in [5, 5.41) is 3.70. The summed E-state index contributed by atoms with van der Waals surface area (Å²) in [6.45, 7) is 7.64. The molecule has 4 nitrogen and oxygen atoms in total. The van der Waals surface area contributed by atoms with Gasteiger partial charge in [0.2, 0.25) is 5.91 Å². The molecule has 0 unspecified atom stereocenters. The first kappa shape index (κ1) is 17.6. The molecule has 25 heavy (non-hydrogen) atoms. The Hall–Kier alpha value is -2.20. The molecule has 0 radical (unpaired) electrons. The molecule has 1 aliphatic rings. The maximum atomic E-state index is 11.8. The second-order valence-corrected chi connectivity index (χ2v) is 7.08. The Bertz CT molecular complexity index is 722. The Labute approximate surface area is 154 Å². The van der Waals surface area contributed by atoms with Gasteiger partial charge in [-0.25, -0.2) is 0 Å². The molecule has 1 heterocycles. The van der Waals surface area contributed by atoms with Crippen molar-refractivity contribution in [1.82, 2.24) is 0 Å². The molecule has 1 saturated heterocycles. The van der Waals surface area contributed by atoms with Crippen molar-refractivity contribution < 1.29 is 4.79 Å². The molecule has 1 amide bonds. The van der Waals surface area contributed by atoms with E-state index >= 15 is 0 Å². The summed E-state index contributed by atoms with van der Waals surface area (Å²) in [5.41, 5.74) is 3.21. The van der Waals surface area contributed by atoms with Gasteiger partial charge in [0.05, 0.1) is 0 Å². The van der Waals surface area contributed by atoms with E-state index in [-0.39, 0.29) is 11.8 Å². The number of rotatable bonds is 4. The number of nitrogens with one attached hydrogen (secondary N) is 1. The topological polar surface area (TPSA) is 35.6 Å².